The van der Waals surface area contributed by atoms with Gasteiger partial charge in [0, 0.05) is 0 Å². The first-order chi connectivity index (χ1) is 9.65. The molecule has 0 bridgehead atoms. The number of fused-ring (bicyclic) bond motifs is 1. The summed E-state index contributed by atoms with van der Waals surface area (Å²) >= 11 is 12.0. The summed E-state index contributed by atoms with van der Waals surface area (Å²) in [5, 5.41) is 4.60. The van der Waals surface area contributed by atoms with Crippen LogP contribution in [0.4, 0.5) is 5.69 Å². The van der Waals surface area contributed by atoms with Crippen LogP contribution in [-0.2, 0) is 0 Å². The van der Waals surface area contributed by atoms with Gasteiger partial charge in [-0.25, -0.2) is 0 Å². The van der Waals surface area contributed by atoms with E-state index in [0.29, 0.717) is 10.0 Å². The molecule has 3 aromatic rings. The molecule has 0 saturated carbocycles. The number of nitrogens with one attached hydrogen (secondary N) is 1. The zero-order valence-corrected chi connectivity index (χ0v) is 13.8. The van der Waals surface area contributed by atoms with E-state index in [1.165, 1.54) is 0 Å². The molecule has 0 aliphatic carbocycles. The molecule has 1 aromatic heterocycles. The minimum atomic E-state index is -0.0209. The molecule has 1 heterocycles. The zero-order chi connectivity index (χ0) is 14.1. The third-order valence-corrected chi connectivity index (χ3v) is 4.98. The molecule has 102 valence electrons. The first-order valence-electron chi connectivity index (χ1n) is 6.08. The summed E-state index contributed by atoms with van der Waals surface area (Å²) in [7, 11) is 0. The van der Waals surface area contributed by atoms with Crippen LogP contribution in [0.15, 0.2) is 36.4 Å². The van der Waals surface area contributed by atoms with E-state index in [4.69, 9.17) is 23.2 Å². The van der Waals surface area contributed by atoms with Crippen molar-refractivity contribution in [2.24, 2.45) is 0 Å². The Balaban J connectivity index is 1.90. The second-order valence-corrected chi connectivity index (χ2v) is 6.40. The zero-order valence-electron chi connectivity index (χ0n) is 10.6. The van der Waals surface area contributed by atoms with Crippen molar-refractivity contribution < 1.29 is 0 Å². The normalized spacial score (nSPS) is 12.6. The van der Waals surface area contributed by atoms with E-state index in [9.17, 15) is 0 Å². The van der Waals surface area contributed by atoms with Gasteiger partial charge < -0.3 is 0 Å². The van der Waals surface area contributed by atoms with Crippen molar-refractivity contribution in [3.05, 3.63) is 52.0 Å². The fourth-order valence-corrected chi connectivity index (χ4v) is 3.48. The maximum atomic E-state index is 6.06. The summed E-state index contributed by atoms with van der Waals surface area (Å²) in [4.78, 5) is 0. The van der Waals surface area contributed by atoms with Gasteiger partial charge in [0.1, 0.15) is 0 Å². The van der Waals surface area contributed by atoms with Crippen molar-refractivity contribution in [1.82, 2.24) is 7.96 Å². The van der Waals surface area contributed by atoms with Crippen molar-refractivity contribution in [3.8, 4) is 0 Å². The third kappa shape index (κ3) is 2.70. The topological polar surface area (TPSA) is 37.8 Å². The molecule has 0 saturated heterocycles. The summed E-state index contributed by atoms with van der Waals surface area (Å²) in [5.74, 6) is 0. The Labute approximate surface area is 133 Å². The molecule has 0 radical (unpaired) electrons. The molecule has 0 aliphatic heterocycles. The van der Waals surface area contributed by atoms with Crippen LogP contribution in [0, 0.1) is 0 Å². The molecule has 0 spiro atoms. The Kier molecular flexibility index (Phi) is 3.99. The van der Waals surface area contributed by atoms with Gasteiger partial charge in [-0.2, -0.15) is 0 Å². The number of halogens is 2. The van der Waals surface area contributed by atoms with Gasteiger partial charge in [-0.15, -0.1) is 0 Å². The van der Waals surface area contributed by atoms with Gasteiger partial charge in [-0.1, -0.05) is 0 Å². The predicted octanol–water partition coefficient (Wildman–Crippen LogP) is 4.17. The Morgan fingerprint density at radius 1 is 1.10 bits per heavy atom. The Bertz CT molecular complexity index is 757. The molecule has 6 heteroatoms. The Morgan fingerprint density at radius 2 is 1.95 bits per heavy atom. The van der Waals surface area contributed by atoms with Gasteiger partial charge in [0.15, 0.2) is 0 Å². The number of aromatic nitrogens is 2. The molecule has 2 aromatic carbocycles. The predicted molar refractivity (Wildman–Crippen MR) is 85.0 cm³/mol. The average Bonchev–Trinajstić information content (AvgIpc) is 2.91. The summed E-state index contributed by atoms with van der Waals surface area (Å²) in [6.45, 7) is 2.08. The van der Waals surface area contributed by atoms with Crippen molar-refractivity contribution in [1.29, 1.82) is 0 Å². The number of nitrogens with zero attached hydrogens (tertiary/aromatic N) is 2. The monoisotopic (exact) mass is 371 g/mol. The Hall–Kier alpha value is -1.06. The van der Waals surface area contributed by atoms with E-state index in [1.807, 2.05) is 36.4 Å². The van der Waals surface area contributed by atoms with Crippen LogP contribution in [0.25, 0.3) is 11.0 Å². The number of benzene rings is 2. The standard InChI is InChI=1S/C14H11Cl2N3Se/c1-8(9-5-6-10(15)11(16)7-9)17-12-3-2-4-13-14(12)19-20-18-13/h2-8,17H,1H3. The van der Waals surface area contributed by atoms with Gasteiger partial charge in [0.2, 0.25) is 0 Å². The summed E-state index contributed by atoms with van der Waals surface area (Å²) in [5.41, 5.74) is 4.01. The maximum absolute atomic E-state index is 6.06. The molecule has 3 rings (SSSR count). The van der Waals surface area contributed by atoms with E-state index in [1.54, 1.807) is 0 Å². The average molecular weight is 371 g/mol. The van der Waals surface area contributed by atoms with Gasteiger partial charge in [-0.05, 0) is 0 Å². The molecule has 0 fully saturated rings. The van der Waals surface area contributed by atoms with Crippen LogP contribution >= 0.6 is 23.2 Å². The fraction of sp³-hybridized carbons (Fsp3) is 0.143. The molecule has 0 amide bonds. The van der Waals surface area contributed by atoms with Crippen LogP contribution in [0.5, 0.6) is 0 Å². The van der Waals surface area contributed by atoms with E-state index < -0.39 is 0 Å². The number of hydrogen-bond donors (Lipinski definition) is 1. The second kappa shape index (κ2) is 5.74. The number of hydrogen-bond acceptors (Lipinski definition) is 3. The van der Waals surface area contributed by atoms with Gasteiger partial charge in [-0.3, -0.25) is 0 Å². The van der Waals surface area contributed by atoms with E-state index in [2.05, 4.69) is 20.2 Å². The van der Waals surface area contributed by atoms with Crippen LogP contribution in [0.1, 0.15) is 18.5 Å². The molecule has 1 N–H and O–H groups in total. The molecular weight excluding hydrogens is 360 g/mol. The van der Waals surface area contributed by atoms with E-state index in [-0.39, 0.29) is 21.0 Å². The van der Waals surface area contributed by atoms with Crippen LogP contribution in [0.2, 0.25) is 10.0 Å². The molecule has 20 heavy (non-hydrogen) atoms. The van der Waals surface area contributed by atoms with Crippen molar-refractivity contribution in [2.45, 2.75) is 13.0 Å². The van der Waals surface area contributed by atoms with Crippen LogP contribution < -0.4 is 5.32 Å². The molecule has 1 unspecified atom stereocenters. The second-order valence-electron chi connectivity index (χ2n) is 4.48. The van der Waals surface area contributed by atoms with Crippen molar-refractivity contribution >= 4 is 54.9 Å². The Morgan fingerprint density at radius 3 is 2.75 bits per heavy atom. The summed E-state index contributed by atoms with van der Waals surface area (Å²) in [6, 6.07) is 11.8. The van der Waals surface area contributed by atoms with Gasteiger partial charge in [0.05, 0.1) is 0 Å². The number of anilines is 1. The fourth-order valence-electron chi connectivity index (χ4n) is 2.02. The minimum absolute atomic E-state index is 0.0209. The van der Waals surface area contributed by atoms with Crippen LogP contribution in [-0.4, -0.2) is 22.9 Å². The van der Waals surface area contributed by atoms with Crippen LogP contribution in [0.3, 0.4) is 0 Å². The molecular formula is C14H11Cl2N3Se. The molecule has 0 aliphatic rings. The molecule has 1 atom stereocenters. The quantitative estimate of drug-likeness (QED) is 0.703. The van der Waals surface area contributed by atoms with E-state index >= 15 is 0 Å². The van der Waals surface area contributed by atoms with Crippen molar-refractivity contribution in [2.75, 3.05) is 5.32 Å². The van der Waals surface area contributed by atoms with E-state index in [0.717, 1.165) is 22.3 Å². The SMILES string of the molecule is CC(Nc1cccc2n[se]nc12)c1ccc(Cl)c(Cl)c1. The first kappa shape index (κ1) is 13.9. The van der Waals surface area contributed by atoms with Crippen molar-refractivity contribution in [3.63, 3.8) is 0 Å². The third-order valence-electron chi connectivity index (χ3n) is 3.10. The first-order valence-corrected chi connectivity index (χ1v) is 8.37. The summed E-state index contributed by atoms with van der Waals surface area (Å²) < 4.78 is 8.85. The van der Waals surface area contributed by atoms with Gasteiger partial charge in [0.25, 0.3) is 0 Å². The molecule has 3 nitrogen and oxygen atoms in total. The summed E-state index contributed by atoms with van der Waals surface area (Å²) in [6.07, 6.45) is 0. The van der Waals surface area contributed by atoms with Gasteiger partial charge >= 0.3 is 133 Å². The number of rotatable bonds is 3.